The average Bonchev–Trinajstić information content (AvgIpc) is 3.29. The molecule has 0 radical (unpaired) electrons. The van der Waals surface area contributed by atoms with E-state index in [4.69, 9.17) is 25.2 Å². The summed E-state index contributed by atoms with van der Waals surface area (Å²) in [6, 6.07) is 36.6. The van der Waals surface area contributed by atoms with Crippen LogP contribution in [-0.2, 0) is 31.4 Å². The number of carbonyl (C=O) groups is 2. The molecule has 6 rings (SSSR count). The first-order valence-electron chi connectivity index (χ1n) is 16.4. The number of phosphoric acid groups is 1. The highest BCUT2D eigenvalue weighted by Crippen LogP contribution is 2.56. The third-order valence-electron chi connectivity index (χ3n) is 8.55. The van der Waals surface area contributed by atoms with E-state index in [0.717, 1.165) is 16.7 Å². The first kappa shape index (κ1) is 35.3. The maximum Gasteiger partial charge on any atom is 0.476 e. The van der Waals surface area contributed by atoms with Gasteiger partial charge in [0, 0.05) is 39.6 Å². The fraction of sp³-hybridized carbons (Fsp3) is 0.200. The quantitative estimate of drug-likeness (QED) is 0.137. The van der Waals surface area contributed by atoms with Crippen molar-refractivity contribution in [2.75, 3.05) is 16.8 Å². The molecular formula is C40H38ClN2O6P. The number of phosphoric ester groups is 1. The lowest BCUT2D eigenvalue weighted by Gasteiger charge is -2.27. The molecule has 1 heterocycles. The molecule has 2 amide bonds. The second kappa shape index (κ2) is 16.0. The smallest absolute Gasteiger partial charge is 0.322 e. The number of nitrogens with one attached hydrogen (secondary N) is 1. The summed E-state index contributed by atoms with van der Waals surface area (Å²) in [5, 5.41) is 3.39. The number of anilines is 2. The maximum atomic E-state index is 14.3. The summed E-state index contributed by atoms with van der Waals surface area (Å²) in [5.74, 6) is -0.434. The number of benzene rings is 5. The Kier molecular flexibility index (Phi) is 11.3. The first-order chi connectivity index (χ1) is 24.2. The molecule has 1 aliphatic heterocycles. The number of hydrogen-bond donors (Lipinski definition) is 1. The predicted octanol–water partition coefficient (Wildman–Crippen LogP) is 10.2. The van der Waals surface area contributed by atoms with E-state index < -0.39 is 13.9 Å². The van der Waals surface area contributed by atoms with Crippen LogP contribution in [0.3, 0.4) is 0 Å². The SMILES string of the molecule is Cc1ccccc1C(=O)Nc1ccc(C(=O)N2CCCC(OP(=O)(OCc3ccccc3)OCc3ccccc3)c3cc(Cl)ccc32)c(C)c1. The summed E-state index contributed by atoms with van der Waals surface area (Å²) < 4.78 is 32.5. The van der Waals surface area contributed by atoms with E-state index in [0.29, 0.717) is 58.0 Å². The molecule has 5 aromatic carbocycles. The van der Waals surface area contributed by atoms with Crippen molar-refractivity contribution in [3.05, 3.63) is 165 Å². The van der Waals surface area contributed by atoms with Gasteiger partial charge in [-0.3, -0.25) is 23.2 Å². The minimum atomic E-state index is -4.14. The van der Waals surface area contributed by atoms with E-state index in [-0.39, 0.29) is 25.0 Å². The minimum Gasteiger partial charge on any atom is -0.322 e. The van der Waals surface area contributed by atoms with E-state index in [1.165, 1.54) is 0 Å². The van der Waals surface area contributed by atoms with Crippen LogP contribution in [0.2, 0.25) is 5.02 Å². The zero-order valence-electron chi connectivity index (χ0n) is 27.9. The molecule has 5 aromatic rings. The molecule has 0 aromatic heterocycles. The van der Waals surface area contributed by atoms with Gasteiger partial charge in [-0.2, -0.15) is 0 Å². The van der Waals surface area contributed by atoms with Gasteiger partial charge in [-0.15, -0.1) is 0 Å². The van der Waals surface area contributed by atoms with Crippen LogP contribution in [0.4, 0.5) is 11.4 Å². The van der Waals surface area contributed by atoms with Crippen LogP contribution in [0.15, 0.2) is 121 Å². The van der Waals surface area contributed by atoms with Crippen LogP contribution in [-0.4, -0.2) is 18.4 Å². The fourth-order valence-corrected chi connectivity index (χ4v) is 7.44. The molecule has 1 unspecified atom stereocenters. The van der Waals surface area contributed by atoms with Gasteiger partial charge in [-0.1, -0.05) is 90.5 Å². The molecule has 1 N–H and O–H groups in total. The summed E-state index contributed by atoms with van der Waals surface area (Å²) in [6.45, 7) is 4.16. The summed E-state index contributed by atoms with van der Waals surface area (Å²) in [6.07, 6.45) is 0.246. The summed E-state index contributed by atoms with van der Waals surface area (Å²) in [5.41, 5.74) is 6.07. The number of halogens is 1. The molecule has 1 atom stereocenters. The third kappa shape index (κ3) is 8.59. The largest absolute Gasteiger partial charge is 0.476 e. The number of carbonyl (C=O) groups excluding carboxylic acids is 2. The molecule has 0 spiro atoms. The van der Waals surface area contributed by atoms with Gasteiger partial charge in [-0.05, 0) is 91.4 Å². The maximum absolute atomic E-state index is 14.3. The molecule has 256 valence electrons. The predicted molar refractivity (Wildman–Crippen MR) is 197 cm³/mol. The lowest BCUT2D eigenvalue weighted by atomic mass is 10.0. The van der Waals surface area contributed by atoms with Crippen LogP contribution in [0.25, 0.3) is 0 Å². The first-order valence-corrected chi connectivity index (χ1v) is 18.3. The standard InChI is InChI=1S/C40H38ClN2O6P/c1-28-12-9-10-17-34(28)39(44)42-33-20-21-35(29(2)24-33)40(45)43-23-11-18-38(36-25-32(41)19-22-37(36)43)49-50(46,47-26-30-13-5-3-6-14-30)48-27-31-15-7-4-8-16-31/h3-10,12-17,19-22,24-25,38H,11,18,23,26-27H2,1-2H3,(H,42,44). The Morgan fingerprint density at radius 3 is 2.06 bits per heavy atom. The van der Waals surface area contributed by atoms with Crippen molar-refractivity contribution < 1.29 is 27.7 Å². The summed E-state index contributed by atoms with van der Waals surface area (Å²) in [4.78, 5) is 28.8. The van der Waals surface area contributed by atoms with Crippen LogP contribution in [0.1, 0.15) is 67.5 Å². The van der Waals surface area contributed by atoms with Crippen LogP contribution < -0.4 is 10.2 Å². The summed E-state index contributed by atoms with van der Waals surface area (Å²) >= 11 is 6.51. The van der Waals surface area contributed by atoms with Gasteiger partial charge in [0.2, 0.25) is 0 Å². The molecule has 0 fully saturated rings. The molecule has 0 aliphatic carbocycles. The molecule has 8 nitrogen and oxygen atoms in total. The van der Waals surface area contributed by atoms with E-state index in [1.54, 1.807) is 47.4 Å². The lowest BCUT2D eigenvalue weighted by molar-refractivity contribution is 0.0664. The number of aryl methyl sites for hydroxylation is 2. The lowest BCUT2D eigenvalue weighted by Crippen LogP contribution is -2.32. The van der Waals surface area contributed by atoms with E-state index in [9.17, 15) is 14.2 Å². The van der Waals surface area contributed by atoms with Crippen molar-refractivity contribution in [2.24, 2.45) is 0 Å². The van der Waals surface area contributed by atoms with Crippen molar-refractivity contribution in [3.8, 4) is 0 Å². The zero-order chi connectivity index (χ0) is 35.1. The number of hydrogen-bond acceptors (Lipinski definition) is 6. The minimum absolute atomic E-state index is 0.0212. The second-order valence-electron chi connectivity index (χ2n) is 12.2. The van der Waals surface area contributed by atoms with Crippen LogP contribution in [0.5, 0.6) is 0 Å². The number of nitrogens with zero attached hydrogens (tertiary/aromatic N) is 1. The van der Waals surface area contributed by atoms with Gasteiger partial charge in [0.05, 0.1) is 19.3 Å². The Morgan fingerprint density at radius 2 is 1.42 bits per heavy atom. The van der Waals surface area contributed by atoms with Gasteiger partial charge in [0.25, 0.3) is 11.8 Å². The molecule has 0 saturated carbocycles. The van der Waals surface area contributed by atoms with Crippen LogP contribution in [0, 0.1) is 13.8 Å². The molecule has 1 aliphatic rings. The van der Waals surface area contributed by atoms with E-state index in [1.807, 2.05) is 92.7 Å². The molecule has 0 saturated heterocycles. The van der Waals surface area contributed by atoms with Gasteiger partial charge in [0.1, 0.15) is 0 Å². The normalized spacial score (nSPS) is 14.5. The Morgan fingerprint density at radius 1 is 0.780 bits per heavy atom. The van der Waals surface area contributed by atoms with E-state index >= 15 is 0 Å². The van der Waals surface area contributed by atoms with Crippen molar-refractivity contribution in [1.29, 1.82) is 0 Å². The van der Waals surface area contributed by atoms with Gasteiger partial charge in [0.15, 0.2) is 0 Å². The number of amides is 2. The Balaban J connectivity index is 1.24. The molecule has 0 bridgehead atoms. The Hall–Kier alpha value is -4.56. The summed E-state index contributed by atoms with van der Waals surface area (Å²) in [7, 11) is -4.14. The van der Waals surface area contributed by atoms with E-state index in [2.05, 4.69) is 5.32 Å². The van der Waals surface area contributed by atoms with Gasteiger partial charge in [-0.25, -0.2) is 4.57 Å². The average molecular weight is 709 g/mol. The molecular weight excluding hydrogens is 671 g/mol. The molecule has 50 heavy (non-hydrogen) atoms. The highest BCUT2D eigenvalue weighted by atomic mass is 35.5. The monoisotopic (exact) mass is 708 g/mol. The number of rotatable bonds is 11. The third-order valence-corrected chi connectivity index (χ3v) is 10.2. The Bertz CT molecular complexity index is 1980. The molecule has 10 heteroatoms. The van der Waals surface area contributed by atoms with Gasteiger partial charge < -0.3 is 10.2 Å². The number of fused-ring (bicyclic) bond motifs is 1. The van der Waals surface area contributed by atoms with Crippen molar-refractivity contribution in [3.63, 3.8) is 0 Å². The topological polar surface area (TPSA) is 94.2 Å². The van der Waals surface area contributed by atoms with Crippen LogP contribution >= 0.6 is 19.4 Å². The fourth-order valence-electron chi connectivity index (χ4n) is 5.92. The zero-order valence-corrected chi connectivity index (χ0v) is 29.5. The van der Waals surface area contributed by atoms with Crippen molar-refractivity contribution in [2.45, 2.75) is 46.0 Å². The Labute approximate surface area is 297 Å². The van der Waals surface area contributed by atoms with Gasteiger partial charge >= 0.3 is 7.82 Å². The van der Waals surface area contributed by atoms with Crippen molar-refractivity contribution in [1.82, 2.24) is 0 Å². The highest BCUT2D eigenvalue weighted by Gasteiger charge is 2.36. The highest BCUT2D eigenvalue weighted by molar-refractivity contribution is 7.48. The second-order valence-corrected chi connectivity index (χ2v) is 14.2. The van der Waals surface area contributed by atoms with Crippen molar-refractivity contribution >= 4 is 42.6 Å².